The Morgan fingerprint density at radius 1 is 1.07 bits per heavy atom. The van der Waals surface area contributed by atoms with Gasteiger partial charge in [-0.15, -0.1) is 0 Å². The van der Waals surface area contributed by atoms with E-state index in [4.69, 9.17) is 0 Å². The number of piperidine rings is 1. The topological polar surface area (TPSA) is 86.8 Å². The Morgan fingerprint density at radius 2 is 1.75 bits per heavy atom. The van der Waals surface area contributed by atoms with Crippen LogP contribution >= 0.6 is 0 Å². The van der Waals surface area contributed by atoms with Crippen LogP contribution in [0.25, 0.3) is 0 Å². The van der Waals surface area contributed by atoms with E-state index in [0.717, 1.165) is 24.8 Å². The number of amides is 2. The van der Waals surface area contributed by atoms with Crippen LogP contribution in [0.2, 0.25) is 0 Å². The standard InChI is InChI=1S/C20H29N3O4S/c1-28(26,27)22-12-9-17(10-13-22)15-21-20(25)18-8-5-11-23(18)19(24)14-16-6-3-2-4-7-16/h2-4,6-7,17-18H,5,8-15H2,1H3,(H,21,25). The number of carbonyl (C=O) groups is 2. The molecule has 28 heavy (non-hydrogen) atoms. The third-order valence-electron chi connectivity index (χ3n) is 5.68. The molecule has 0 spiro atoms. The van der Waals surface area contributed by atoms with Crippen molar-refractivity contribution >= 4 is 21.8 Å². The molecule has 2 amide bonds. The minimum Gasteiger partial charge on any atom is -0.354 e. The first-order chi connectivity index (χ1) is 13.3. The second kappa shape index (κ2) is 9.05. The third kappa shape index (κ3) is 5.32. The van der Waals surface area contributed by atoms with Crippen LogP contribution in [0, 0.1) is 5.92 Å². The maximum absolute atomic E-state index is 12.7. The summed E-state index contributed by atoms with van der Waals surface area (Å²) in [6.07, 6.45) is 4.57. The van der Waals surface area contributed by atoms with Crippen molar-refractivity contribution in [3.8, 4) is 0 Å². The van der Waals surface area contributed by atoms with Gasteiger partial charge in [-0.1, -0.05) is 30.3 Å². The first-order valence-corrected chi connectivity index (χ1v) is 11.8. The second-order valence-corrected chi connectivity index (χ2v) is 9.74. The van der Waals surface area contributed by atoms with Gasteiger partial charge in [0.25, 0.3) is 0 Å². The van der Waals surface area contributed by atoms with Gasteiger partial charge in [0.05, 0.1) is 12.7 Å². The van der Waals surface area contributed by atoms with E-state index in [-0.39, 0.29) is 17.7 Å². The molecule has 8 heteroatoms. The van der Waals surface area contributed by atoms with Gasteiger partial charge in [-0.05, 0) is 37.2 Å². The highest BCUT2D eigenvalue weighted by Gasteiger charge is 2.34. The minimum atomic E-state index is -3.13. The number of rotatable bonds is 6. The maximum atomic E-state index is 12.7. The van der Waals surface area contributed by atoms with E-state index >= 15 is 0 Å². The lowest BCUT2D eigenvalue weighted by atomic mass is 9.98. The average Bonchev–Trinajstić information content (AvgIpc) is 3.17. The van der Waals surface area contributed by atoms with Crippen molar-refractivity contribution < 1.29 is 18.0 Å². The van der Waals surface area contributed by atoms with Crippen LogP contribution in [-0.2, 0) is 26.0 Å². The van der Waals surface area contributed by atoms with Gasteiger partial charge in [-0.3, -0.25) is 9.59 Å². The molecule has 0 radical (unpaired) electrons. The highest BCUT2D eigenvalue weighted by atomic mass is 32.2. The molecule has 2 aliphatic heterocycles. The summed E-state index contributed by atoms with van der Waals surface area (Å²) in [4.78, 5) is 27.0. The van der Waals surface area contributed by atoms with Crippen molar-refractivity contribution in [2.24, 2.45) is 5.92 Å². The summed E-state index contributed by atoms with van der Waals surface area (Å²) in [5.41, 5.74) is 0.955. The Hall–Kier alpha value is -1.93. The Balaban J connectivity index is 1.48. The zero-order valence-corrected chi connectivity index (χ0v) is 17.2. The van der Waals surface area contributed by atoms with Crippen molar-refractivity contribution in [2.75, 3.05) is 32.4 Å². The summed E-state index contributed by atoms with van der Waals surface area (Å²) < 4.78 is 24.7. The lowest BCUT2D eigenvalue weighted by Gasteiger charge is -2.31. The fraction of sp³-hybridized carbons (Fsp3) is 0.600. The molecule has 0 aliphatic carbocycles. The van der Waals surface area contributed by atoms with Gasteiger partial charge in [-0.25, -0.2) is 12.7 Å². The zero-order chi connectivity index (χ0) is 20.1. The normalized spacial score (nSPS) is 21.6. The van der Waals surface area contributed by atoms with Gasteiger partial charge < -0.3 is 10.2 Å². The molecule has 1 N–H and O–H groups in total. The Labute approximate surface area is 167 Å². The van der Waals surface area contributed by atoms with Gasteiger partial charge in [0, 0.05) is 26.2 Å². The van der Waals surface area contributed by atoms with Crippen LogP contribution in [-0.4, -0.2) is 67.9 Å². The van der Waals surface area contributed by atoms with E-state index in [1.54, 1.807) is 4.90 Å². The number of sulfonamides is 1. The summed E-state index contributed by atoms with van der Waals surface area (Å²) in [6, 6.07) is 9.18. The highest BCUT2D eigenvalue weighted by Crippen LogP contribution is 2.21. The van der Waals surface area contributed by atoms with E-state index in [0.29, 0.717) is 39.0 Å². The van der Waals surface area contributed by atoms with E-state index < -0.39 is 16.1 Å². The molecule has 2 aliphatic rings. The molecular weight excluding hydrogens is 378 g/mol. The van der Waals surface area contributed by atoms with Gasteiger partial charge >= 0.3 is 0 Å². The van der Waals surface area contributed by atoms with Crippen LogP contribution in [0.4, 0.5) is 0 Å². The van der Waals surface area contributed by atoms with E-state index in [1.807, 2.05) is 30.3 Å². The van der Waals surface area contributed by atoms with Crippen molar-refractivity contribution in [3.05, 3.63) is 35.9 Å². The summed E-state index contributed by atoms with van der Waals surface area (Å²) in [5.74, 6) is 0.173. The number of nitrogens with zero attached hydrogens (tertiary/aromatic N) is 2. The molecule has 7 nitrogen and oxygen atoms in total. The molecule has 1 atom stereocenters. The van der Waals surface area contributed by atoms with Crippen LogP contribution in [0.3, 0.4) is 0 Å². The molecule has 2 fully saturated rings. The summed E-state index contributed by atoms with van der Waals surface area (Å²) in [7, 11) is -3.13. The molecule has 1 aromatic rings. The lowest BCUT2D eigenvalue weighted by molar-refractivity contribution is -0.138. The van der Waals surface area contributed by atoms with Gasteiger partial charge in [0.1, 0.15) is 6.04 Å². The largest absolute Gasteiger partial charge is 0.354 e. The monoisotopic (exact) mass is 407 g/mol. The maximum Gasteiger partial charge on any atom is 0.242 e. The number of carbonyl (C=O) groups excluding carboxylic acids is 2. The van der Waals surface area contributed by atoms with Crippen LogP contribution in [0.5, 0.6) is 0 Å². The van der Waals surface area contributed by atoms with Crippen molar-refractivity contribution in [2.45, 2.75) is 38.1 Å². The molecule has 1 aromatic carbocycles. The third-order valence-corrected chi connectivity index (χ3v) is 6.98. The van der Waals surface area contributed by atoms with Crippen LogP contribution < -0.4 is 5.32 Å². The molecule has 0 saturated carbocycles. The molecule has 0 bridgehead atoms. The number of hydrogen-bond donors (Lipinski definition) is 1. The number of nitrogens with one attached hydrogen (secondary N) is 1. The van der Waals surface area contributed by atoms with Gasteiger partial charge in [0.15, 0.2) is 0 Å². The van der Waals surface area contributed by atoms with E-state index in [1.165, 1.54) is 10.6 Å². The fourth-order valence-corrected chi connectivity index (χ4v) is 4.89. The zero-order valence-electron chi connectivity index (χ0n) is 16.3. The number of likely N-dealkylation sites (tertiary alicyclic amines) is 1. The summed E-state index contributed by atoms with van der Waals surface area (Å²) >= 11 is 0. The molecular formula is C20H29N3O4S. The van der Waals surface area contributed by atoms with Crippen LogP contribution in [0.15, 0.2) is 30.3 Å². The quantitative estimate of drug-likeness (QED) is 0.762. The van der Waals surface area contributed by atoms with Gasteiger partial charge in [-0.2, -0.15) is 0 Å². The first-order valence-electron chi connectivity index (χ1n) is 9.91. The van der Waals surface area contributed by atoms with Gasteiger partial charge in [0.2, 0.25) is 21.8 Å². The van der Waals surface area contributed by atoms with E-state index in [2.05, 4.69) is 5.32 Å². The van der Waals surface area contributed by atoms with Crippen molar-refractivity contribution in [1.82, 2.24) is 14.5 Å². The van der Waals surface area contributed by atoms with E-state index in [9.17, 15) is 18.0 Å². The Kier molecular flexibility index (Phi) is 6.72. The predicted molar refractivity (Wildman–Crippen MR) is 107 cm³/mol. The molecule has 2 heterocycles. The van der Waals surface area contributed by atoms with Crippen molar-refractivity contribution in [1.29, 1.82) is 0 Å². The predicted octanol–water partition coefficient (Wildman–Crippen LogP) is 1.01. The Bertz CT molecular complexity index is 789. The molecule has 2 saturated heterocycles. The first kappa shape index (κ1) is 20.8. The number of hydrogen-bond acceptors (Lipinski definition) is 4. The number of benzene rings is 1. The molecule has 1 unspecified atom stereocenters. The summed E-state index contributed by atoms with van der Waals surface area (Å²) in [6.45, 7) is 2.17. The summed E-state index contributed by atoms with van der Waals surface area (Å²) in [5, 5.41) is 3.00. The average molecular weight is 408 g/mol. The Morgan fingerprint density at radius 3 is 2.39 bits per heavy atom. The highest BCUT2D eigenvalue weighted by molar-refractivity contribution is 7.88. The smallest absolute Gasteiger partial charge is 0.242 e. The molecule has 0 aromatic heterocycles. The van der Waals surface area contributed by atoms with Crippen molar-refractivity contribution in [3.63, 3.8) is 0 Å². The minimum absolute atomic E-state index is 0.00897. The second-order valence-electron chi connectivity index (χ2n) is 7.76. The fourth-order valence-electron chi connectivity index (χ4n) is 4.02. The van der Waals surface area contributed by atoms with Crippen LogP contribution in [0.1, 0.15) is 31.2 Å². The lowest BCUT2D eigenvalue weighted by Crippen LogP contribution is -2.48. The molecule has 154 valence electrons. The SMILES string of the molecule is CS(=O)(=O)N1CCC(CNC(=O)C2CCCN2C(=O)Cc2ccccc2)CC1. The molecule has 3 rings (SSSR count).